The van der Waals surface area contributed by atoms with Crippen LogP contribution in [0.2, 0.25) is 0 Å². The van der Waals surface area contributed by atoms with Crippen LogP contribution >= 0.6 is 11.6 Å². The number of alkyl halides is 1. The average Bonchev–Trinajstić information content (AvgIpc) is 3.07. The van der Waals surface area contributed by atoms with E-state index in [1.54, 1.807) is 21.1 Å². The number of aliphatic carboxylic acids is 3. The molecule has 0 saturated carbocycles. The van der Waals surface area contributed by atoms with Crippen LogP contribution in [0.1, 0.15) is 30.0 Å². The maximum absolute atomic E-state index is 9.68. The molecular weight excluding hydrogens is 668 g/mol. The number of rotatable bonds is 11. The van der Waals surface area contributed by atoms with Gasteiger partial charge in [0.2, 0.25) is 0 Å². The van der Waals surface area contributed by atoms with Crippen LogP contribution < -0.4 is 14.6 Å². The third-order valence-electron chi connectivity index (χ3n) is 5.72. The quantitative estimate of drug-likeness (QED) is 0.0629. The minimum absolute atomic E-state index is 0. The Labute approximate surface area is 308 Å². The second kappa shape index (κ2) is 26.0. The smallest absolute Gasteiger partial charge is 0.547 e. The first-order valence-electron chi connectivity index (χ1n) is 13.2. The molecule has 3 rings (SSSR count). The van der Waals surface area contributed by atoms with Crippen LogP contribution in [0.4, 0.5) is 0 Å². The molecule has 0 radical (unpaired) electrons. The van der Waals surface area contributed by atoms with E-state index in [0.717, 1.165) is 28.2 Å². The van der Waals surface area contributed by atoms with Gasteiger partial charge in [-0.25, -0.2) is 9.59 Å². The van der Waals surface area contributed by atoms with Crippen LogP contribution in [0, 0.1) is 7.43 Å². The Kier molecular flexibility index (Phi) is 26.8. The van der Waals surface area contributed by atoms with E-state index >= 15 is 0 Å². The van der Waals surface area contributed by atoms with E-state index in [1.807, 2.05) is 78.9 Å². The van der Waals surface area contributed by atoms with Gasteiger partial charge in [-0.15, -0.1) is 11.6 Å². The maximum Gasteiger partial charge on any atom is 2.00 e. The van der Waals surface area contributed by atoms with Gasteiger partial charge in [0.25, 0.3) is 0 Å². The predicted octanol–water partition coefficient (Wildman–Crippen LogP) is 0.660. The van der Waals surface area contributed by atoms with Crippen LogP contribution in [-0.4, -0.2) is 137 Å². The van der Waals surface area contributed by atoms with Gasteiger partial charge >= 0.3 is 49.7 Å². The number of carboxylic acid groups (broad SMARTS) is 3. The molecule has 0 spiro atoms. The first kappa shape index (κ1) is 48.4. The van der Waals surface area contributed by atoms with Crippen molar-refractivity contribution < 1.29 is 64.7 Å². The summed E-state index contributed by atoms with van der Waals surface area (Å²) >= 11 is 7.22. The number of halogens is 1. The number of methoxy groups -OCH3 is 2. The Balaban J connectivity index is -0.000000695. The molecule has 3 atom stereocenters. The Morgan fingerprint density at radius 3 is 1.23 bits per heavy atom. The summed E-state index contributed by atoms with van der Waals surface area (Å²) in [6.07, 6.45) is -4.27. The zero-order valence-corrected chi connectivity index (χ0v) is 29.5. The number of aliphatic hydroxyl groups excluding tert-OH is 5. The van der Waals surface area contributed by atoms with Crippen molar-refractivity contribution in [3.05, 3.63) is 103 Å². The molecule has 0 aliphatic heterocycles. The third kappa shape index (κ3) is 17.1. The summed E-state index contributed by atoms with van der Waals surface area (Å²) in [7, 11) is 3.31. The molecule has 3 aromatic carbocycles. The van der Waals surface area contributed by atoms with E-state index in [0.29, 0.717) is 0 Å². The number of carboxylic acids is 3. The molecule has 0 bridgehead atoms. The monoisotopic (exact) mass is 708 g/mol. The second-order valence-electron chi connectivity index (χ2n) is 8.80. The van der Waals surface area contributed by atoms with Crippen LogP contribution in [-0.2, 0) is 19.3 Å². The summed E-state index contributed by atoms with van der Waals surface area (Å²) in [4.78, 5) is 27.8. The summed E-state index contributed by atoms with van der Waals surface area (Å²) in [5.41, 5.74) is 2.99. The topological polar surface area (TPSA) is 234 Å². The normalized spacial score (nSPS) is 11.7. The molecule has 7 N–H and O–H groups in total. The van der Waals surface area contributed by atoms with Crippen LogP contribution in [0.3, 0.4) is 0 Å². The van der Waals surface area contributed by atoms with Crippen molar-refractivity contribution in [2.24, 2.45) is 0 Å². The SMILES string of the molecule is CCC(O)C(=O)O.COc1ccc(C(Cl)(c2ccccc2)c2ccc(OC)cc2)cc1.O=C(O)C(O)CO.O=C([O-])C(O)CO.[CH3-].[Ca+2]. The molecule has 0 saturated heterocycles. The van der Waals surface area contributed by atoms with Crippen molar-refractivity contribution >= 4 is 67.2 Å². The van der Waals surface area contributed by atoms with E-state index in [1.165, 1.54) is 0 Å². The van der Waals surface area contributed by atoms with Crippen molar-refractivity contribution in [1.82, 2.24) is 0 Å². The largest absolute Gasteiger partial charge is 2.00 e. The summed E-state index contributed by atoms with van der Waals surface area (Å²) in [5.74, 6) is -2.59. The standard InChI is InChI=1S/C21H19ClO2.C4H8O3.2C3H6O4.CH3.Ca/c1-23-19-12-8-17(9-13-19)21(22,16-6-4-3-5-7-16)18-10-14-20(24-2)15-11-18;1-2-3(5)4(6)7;2*4-1-2(5)3(6)7;;/h3-15H,1-2H3;3,5H,2H2,1H3,(H,6,7);2*2,4-5H,1H2,(H,6,7);1H3;/q;;;;-1;+2/p-1. The van der Waals surface area contributed by atoms with Crippen molar-refractivity contribution in [1.29, 1.82) is 0 Å². The van der Waals surface area contributed by atoms with Gasteiger partial charge in [-0.05, 0) is 47.4 Å². The Morgan fingerprint density at radius 1 is 0.702 bits per heavy atom. The minimum atomic E-state index is -1.74. The van der Waals surface area contributed by atoms with Crippen LogP contribution in [0.5, 0.6) is 11.5 Å². The molecular formula is C32H41CaClO13. The molecule has 0 fully saturated rings. The summed E-state index contributed by atoms with van der Waals surface area (Å²) in [6.45, 7) is 0.0937. The molecule has 0 aliphatic rings. The predicted molar refractivity (Wildman–Crippen MR) is 173 cm³/mol. The maximum atomic E-state index is 9.68. The summed E-state index contributed by atoms with van der Waals surface area (Å²) in [6, 6.07) is 25.8. The Hall–Kier alpha value is -2.98. The second-order valence-corrected chi connectivity index (χ2v) is 9.36. The fourth-order valence-corrected chi connectivity index (χ4v) is 3.51. The molecule has 47 heavy (non-hydrogen) atoms. The first-order valence-corrected chi connectivity index (χ1v) is 13.6. The first-order chi connectivity index (χ1) is 21.2. The van der Waals surface area contributed by atoms with Gasteiger partial charge in [-0.2, -0.15) is 0 Å². The van der Waals surface area contributed by atoms with Gasteiger partial charge in [0.1, 0.15) is 22.5 Å². The number of carbonyl (C=O) groups is 3. The minimum Gasteiger partial charge on any atom is -0.547 e. The van der Waals surface area contributed by atoms with Crippen molar-refractivity contribution in [3.63, 3.8) is 0 Å². The fourth-order valence-electron chi connectivity index (χ4n) is 3.14. The summed E-state index contributed by atoms with van der Waals surface area (Å²) in [5, 5.41) is 65.3. The van der Waals surface area contributed by atoms with Crippen molar-refractivity contribution in [3.8, 4) is 11.5 Å². The number of hydrogen-bond acceptors (Lipinski definition) is 11. The van der Waals surface area contributed by atoms with Gasteiger partial charge in [0, 0.05) is 0 Å². The van der Waals surface area contributed by atoms with Gasteiger partial charge in [0.15, 0.2) is 12.2 Å². The number of benzene rings is 3. The number of carbonyl (C=O) groups excluding carboxylic acids is 1. The Bertz CT molecular complexity index is 1180. The number of hydrogen-bond donors (Lipinski definition) is 7. The third-order valence-corrected chi connectivity index (χ3v) is 6.38. The number of ether oxygens (including phenoxy) is 2. The molecule has 256 valence electrons. The van der Waals surface area contributed by atoms with E-state index in [9.17, 15) is 19.5 Å². The van der Waals surface area contributed by atoms with Gasteiger partial charge in [-0.3, -0.25) is 0 Å². The molecule has 15 heteroatoms. The van der Waals surface area contributed by atoms with Crippen molar-refractivity contribution in [2.45, 2.75) is 36.5 Å². The van der Waals surface area contributed by atoms with Gasteiger partial charge in [-0.1, -0.05) is 61.5 Å². The molecule has 0 amide bonds. The Morgan fingerprint density at radius 2 is 1.04 bits per heavy atom. The molecule has 0 heterocycles. The molecule has 3 aromatic rings. The van der Waals surface area contributed by atoms with E-state index in [4.69, 9.17) is 56.8 Å². The molecule has 0 aliphatic carbocycles. The molecule has 0 aromatic heterocycles. The van der Waals surface area contributed by atoms with Gasteiger partial charge < -0.3 is 62.5 Å². The zero-order valence-electron chi connectivity index (χ0n) is 26.5. The molecule has 13 nitrogen and oxygen atoms in total. The van der Waals surface area contributed by atoms with Crippen LogP contribution in [0.25, 0.3) is 0 Å². The van der Waals surface area contributed by atoms with E-state index in [2.05, 4.69) is 0 Å². The average molecular weight is 709 g/mol. The fraction of sp³-hybridized carbons (Fsp3) is 0.312. The number of aliphatic hydroxyl groups is 5. The summed E-state index contributed by atoms with van der Waals surface area (Å²) < 4.78 is 10.5. The van der Waals surface area contributed by atoms with E-state index < -0.39 is 54.3 Å². The van der Waals surface area contributed by atoms with Gasteiger partial charge in [0.05, 0.1) is 33.4 Å². The van der Waals surface area contributed by atoms with Crippen molar-refractivity contribution in [2.75, 3.05) is 27.4 Å². The zero-order chi connectivity index (χ0) is 34.6. The van der Waals surface area contributed by atoms with Crippen LogP contribution in [0.15, 0.2) is 78.9 Å². The van der Waals surface area contributed by atoms with E-state index in [-0.39, 0.29) is 51.6 Å². The molecule has 3 unspecified atom stereocenters.